The van der Waals surface area contributed by atoms with E-state index in [-0.39, 0.29) is 5.02 Å². The minimum absolute atomic E-state index is 0.284. The minimum Gasteiger partial charge on any atom is -0.468 e. The van der Waals surface area contributed by atoms with E-state index in [0.717, 1.165) is 0 Å². The van der Waals surface area contributed by atoms with Gasteiger partial charge in [0.05, 0.1) is 17.2 Å². The molecule has 1 rings (SSSR count). The molecule has 1 aromatic carbocycles. The Morgan fingerprint density at radius 2 is 2.14 bits per heavy atom. The highest BCUT2D eigenvalue weighted by Gasteiger charge is 2.19. The van der Waals surface area contributed by atoms with Gasteiger partial charge in [-0.05, 0) is 6.07 Å². The van der Waals surface area contributed by atoms with Crippen molar-refractivity contribution in [2.75, 3.05) is 7.11 Å². The van der Waals surface area contributed by atoms with Crippen molar-refractivity contribution in [3.63, 3.8) is 0 Å². The van der Waals surface area contributed by atoms with Gasteiger partial charge in [0.1, 0.15) is 6.04 Å². The summed E-state index contributed by atoms with van der Waals surface area (Å²) < 4.78 is 4.50. The van der Waals surface area contributed by atoms with Crippen LogP contribution in [0.1, 0.15) is 11.6 Å². The quantitative estimate of drug-likeness (QED) is 0.797. The number of nitrogens with two attached hydrogens (primary N) is 1. The lowest BCUT2D eigenvalue weighted by atomic mass is 10.1. The van der Waals surface area contributed by atoms with Gasteiger partial charge in [0.25, 0.3) is 0 Å². The molecule has 0 bridgehead atoms. The summed E-state index contributed by atoms with van der Waals surface area (Å²) in [5.41, 5.74) is 6.07. The number of ether oxygens (including phenoxy) is 1. The summed E-state index contributed by atoms with van der Waals surface area (Å²) in [5, 5.41) is 0.649. The van der Waals surface area contributed by atoms with E-state index in [9.17, 15) is 4.79 Å². The third-order valence-electron chi connectivity index (χ3n) is 1.77. The number of hydrogen-bond donors (Lipinski definition) is 1. The molecule has 76 valence electrons. The maximum Gasteiger partial charge on any atom is 0.327 e. The van der Waals surface area contributed by atoms with Crippen molar-refractivity contribution in [1.82, 2.24) is 0 Å². The Hall–Kier alpha value is -0.770. The van der Waals surface area contributed by atoms with E-state index in [2.05, 4.69) is 4.74 Å². The number of methoxy groups -OCH3 is 1. The Bertz CT molecular complexity index is 355. The molecule has 0 heterocycles. The zero-order valence-corrected chi connectivity index (χ0v) is 8.97. The lowest BCUT2D eigenvalue weighted by Crippen LogP contribution is -2.22. The first-order chi connectivity index (χ1) is 6.57. The molecule has 0 aliphatic heterocycles. The molecule has 14 heavy (non-hydrogen) atoms. The topological polar surface area (TPSA) is 52.3 Å². The number of hydrogen-bond acceptors (Lipinski definition) is 3. The van der Waals surface area contributed by atoms with E-state index in [1.165, 1.54) is 7.11 Å². The van der Waals surface area contributed by atoms with Crippen LogP contribution in [0.3, 0.4) is 0 Å². The van der Waals surface area contributed by atoms with E-state index >= 15 is 0 Å². The van der Waals surface area contributed by atoms with Gasteiger partial charge in [-0.1, -0.05) is 35.3 Å². The Labute approximate surface area is 91.7 Å². The molecule has 1 aromatic rings. The van der Waals surface area contributed by atoms with Crippen molar-refractivity contribution in [3.8, 4) is 0 Å². The number of halogens is 2. The van der Waals surface area contributed by atoms with E-state index in [1.54, 1.807) is 18.2 Å². The molecule has 0 aliphatic rings. The summed E-state index contributed by atoms with van der Waals surface area (Å²) in [6.07, 6.45) is 0. The molecule has 0 saturated heterocycles. The second-order valence-corrected chi connectivity index (χ2v) is 3.43. The smallest absolute Gasteiger partial charge is 0.327 e. The lowest BCUT2D eigenvalue weighted by Gasteiger charge is -2.11. The van der Waals surface area contributed by atoms with Crippen LogP contribution in [0.4, 0.5) is 0 Å². The van der Waals surface area contributed by atoms with E-state index in [4.69, 9.17) is 28.9 Å². The third kappa shape index (κ3) is 2.18. The first kappa shape index (κ1) is 11.3. The van der Waals surface area contributed by atoms with E-state index in [1.807, 2.05) is 0 Å². The molecule has 0 spiro atoms. The van der Waals surface area contributed by atoms with Crippen LogP contribution in [0.25, 0.3) is 0 Å². The fourth-order valence-corrected chi connectivity index (χ4v) is 1.44. The fraction of sp³-hybridized carbons (Fsp3) is 0.222. The van der Waals surface area contributed by atoms with Gasteiger partial charge >= 0.3 is 5.97 Å². The molecule has 2 N–H and O–H groups in total. The fourth-order valence-electron chi connectivity index (χ4n) is 1.01. The Kier molecular flexibility index (Phi) is 3.75. The monoisotopic (exact) mass is 233 g/mol. The van der Waals surface area contributed by atoms with Crippen LogP contribution in [0.2, 0.25) is 10.0 Å². The molecule has 1 atom stereocenters. The molecule has 0 radical (unpaired) electrons. The largest absolute Gasteiger partial charge is 0.468 e. The molecule has 0 amide bonds. The van der Waals surface area contributed by atoms with Crippen molar-refractivity contribution in [3.05, 3.63) is 33.8 Å². The van der Waals surface area contributed by atoms with E-state index < -0.39 is 12.0 Å². The van der Waals surface area contributed by atoms with Gasteiger partial charge in [-0.2, -0.15) is 0 Å². The first-order valence-electron chi connectivity index (χ1n) is 3.85. The predicted octanol–water partition coefficient (Wildman–Crippen LogP) is 2.17. The van der Waals surface area contributed by atoms with Crippen molar-refractivity contribution >= 4 is 29.2 Å². The van der Waals surface area contributed by atoms with Crippen molar-refractivity contribution in [1.29, 1.82) is 0 Å². The minimum atomic E-state index is -0.897. The van der Waals surface area contributed by atoms with Crippen LogP contribution in [0, 0.1) is 0 Å². The van der Waals surface area contributed by atoms with Crippen molar-refractivity contribution in [2.45, 2.75) is 6.04 Å². The summed E-state index contributed by atoms with van der Waals surface area (Å²) in [7, 11) is 1.26. The SMILES string of the molecule is COC(=O)[C@H](N)c1cccc(Cl)c1Cl. The molecule has 0 saturated carbocycles. The number of carbonyl (C=O) groups excluding carboxylic acids is 1. The summed E-state index contributed by atoms with van der Waals surface area (Å²) in [4.78, 5) is 11.1. The first-order valence-corrected chi connectivity index (χ1v) is 4.61. The molecular formula is C9H9Cl2NO2. The van der Waals surface area contributed by atoms with Crippen LogP contribution in [0.5, 0.6) is 0 Å². The van der Waals surface area contributed by atoms with Crippen LogP contribution < -0.4 is 5.73 Å². The molecule has 5 heteroatoms. The Morgan fingerprint density at radius 3 is 2.71 bits per heavy atom. The highest BCUT2D eigenvalue weighted by molar-refractivity contribution is 6.42. The zero-order chi connectivity index (χ0) is 10.7. The standard InChI is InChI=1S/C9H9Cl2NO2/c1-14-9(13)8(12)5-3-2-4-6(10)7(5)11/h2-4,8H,12H2,1H3/t8-/m1/s1. The zero-order valence-electron chi connectivity index (χ0n) is 7.46. The van der Waals surface area contributed by atoms with Crippen LogP contribution in [0.15, 0.2) is 18.2 Å². The molecule has 3 nitrogen and oxygen atoms in total. The van der Waals surface area contributed by atoms with Crippen LogP contribution >= 0.6 is 23.2 Å². The van der Waals surface area contributed by atoms with Gasteiger partial charge < -0.3 is 10.5 Å². The summed E-state index contributed by atoms with van der Waals surface area (Å²) in [5.74, 6) is -0.547. The predicted molar refractivity (Wildman–Crippen MR) is 55.4 cm³/mol. The maximum absolute atomic E-state index is 11.1. The Balaban J connectivity index is 3.07. The summed E-state index contributed by atoms with van der Waals surface area (Å²) in [6.45, 7) is 0. The summed E-state index contributed by atoms with van der Waals surface area (Å²) >= 11 is 11.6. The van der Waals surface area contributed by atoms with Gasteiger partial charge in [0.15, 0.2) is 0 Å². The molecule has 0 unspecified atom stereocenters. The van der Waals surface area contributed by atoms with Crippen molar-refractivity contribution < 1.29 is 9.53 Å². The number of rotatable bonds is 2. The van der Waals surface area contributed by atoms with Crippen LogP contribution in [-0.2, 0) is 9.53 Å². The van der Waals surface area contributed by atoms with Gasteiger partial charge in [-0.15, -0.1) is 0 Å². The lowest BCUT2D eigenvalue weighted by molar-refractivity contribution is -0.142. The highest BCUT2D eigenvalue weighted by atomic mass is 35.5. The number of carbonyl (C=O) groups is 1. The van der Waals surface area contributed by atoms with E-state index in [0.29, 0.717) is 10.6 Å². The average Bonchev–Trinajstić information content (AvgIpc) is 2.20. The van der Waals surface area contributed by atoms with Gasteiger partial charge in [-0.25, -0.2) is 0 Å². The average molecular weight is 234 g/mol. The molecule has 0 fully saturated rings. The van der Waals surface area contributed by atoms with Crippen molar-refractivity contribution in [2.24, 2.45) is 5.73 Å². The second-order valence-electron chi connectivity index (χ2n) is 2.64. The Morgan fingerprint density at radius 1 is 1.50 bits per heavy atom. The molecule has 0 aromatic heterocycles. The third-order valence-corrected chi connectivity index (χ3v) is 2.61. The molecule has 0 aliphatic carbocycles. The van der Waals surface area contributed by atoms with Crippen LogP contribution in [-0.4, -0.2) is 13.1 Å². The highest BCUT2D eigenvalue weighted by Crippen LogP contribution is 2.29. The van der Waals surface area contributed by atoms with Gasteiger partial charge in [-0.3, -0.25) is 4.79 Å². The summed E-state index contributed by atoms with van der Waals surface area (Å²) in [6, 6.07) is 4.03. The van der Waals surface area contributed by atoms with Gasteiger partial charge in [0, 0.05) is 5.56 Å². The van der Waals surface area contributed by atoms with Gasteiger partial charge in [0.2, 0.25) is 0 Å². The number of benzene rings is 1. The molecular weight excluding hydrogens is 225 g/mol. The second kappa shape index (κ2) is 4.64. The number of esters is 1. The normalized spacial score (nSPS) is 12.3. The maximum atomic E-state index is 11.1.